The van der Waals surface area contributed by atoms with Gasteiger partial charge in [-0.25, -0.2) is 4.79 Å². The molecule has 0 fully saturated rings. The molecule has 5 rings (SSSR count). The zero-order chi connectivity index (χ0) is 20.7. The maximum atomic E-state index is 12.9. The average Bonchev–Trinajstić information content (AvgIpc) is 3.26. The van der Waals surface area contributed by atoms with Gasteiger partial charge in [0.05, 0.1) is 6.04 Å². The Bertz CT molecular complexity index is 1210. The molecule has 3 aromatic carbocycles. The summed E-state index contributed by atoms with van der Waals surface area (Å²) in [5, 5.41) is 14.4. The predicted molar refractivity (Wildman–Crippen MR) is 117 cm³/mol. The summed E-state index contributed by atoms with van der Waals surface area (Å²) in [6.07, 6.45) is 0. The largest absolute Gasteiger partial charge is 0.327 e. The molecule has 148 valence electrons. The Morgan fingerprint density at radius 3 is 2.20 bits per heavy atom. The van der Waals surface area contributed by atoms with Crippen LogP contribution >= 0.6 is 0 Å². The molecule has 0 unspecified atom stereocenters. The van der Waals surface area contributed by atoms with Crippen molar-refractivity contribution in [1.29, 1.82) is 0 Å². The molecule has 0 aliphatic heterocycles. The van der Waals surface area contributed by atoms with E-state index in [1.54, 1.807) is 0 Å². The first-order valence-electron chi connectivity index (χ1n) is 9.84. The molecule has 2 N–H and O–H groups in total. The SMILES string of the molecule is Cc1nnc(-c2cccc(NC(=O)NC3c4ccccc4-c4ccccc43)c2)n1C. The van der Waals surface area contributed by atoms with E-state index in [0.29, 0.717) is 5.69 Å². The number of fused-ring (bicyclic) bond motifs is 3. The minimum absolute atomic E-state index is 0.179. The van der Waals surface area contributed by atoms with Crippen molar-refractivity contribution in [2.75, 3.05) is 5.32 Å². The number of carbonyl (C=O) groups excluding carboxylic acids is 1. The first kappa shape index (κ1) is 18.1. The zero-order valence-electron chi connectivity index (χ0n) is 16.8. The Labute approximate surface area is 174 Å². The van der Waals surface area contributed by atoms with E-state index in [9.17, 15) is 4.79 Å². The van der Waals surface area contributed by atoms with Crippen LogP contribution in [0.3, 0.4) is 0 Å². The number of nitrogens with zero attached hydrogens (tertiary/aromatic N) is 3. The molecule has 30 heavy (non-hydrogen) atoms. The fraction of sp³-hybridized carbons (Fsp3) is 0.125. The van der Waals surface area contributed by atoms with Gasteiger partial charge < -0.3 is 15.2 Å². The van der Waals surface area contributed by atoms with E-state index in [1.807, 2.05) is 67.1 Å². The summed E-state index contributed by atoms with van der Waals surface area (Å²) in [6.45, 7) is 1.91. The highest BCUT2D eigenvalue weighted by Gasteiger charge is 2.29. The number of aromatic nitrogens is 3. The fourth-order valence-electron chi connectivity index (χ4n) is 4.00. The van der Waals surface area contributed by atoms with Gasteiger partial charge in [-0.3, -0.25) is 0 Å². The minimum Gasteiger partial charge on any atom is -0.327 e. The van der Waals surface area contributed by atoms with Gasteiger partial charge in [-0.05, 0) is 41.3 Å². The number of benzene rings is 3. The van der Waals surface area contributed by atoms with E-state index in [-0.39, 0.29) is 12.1 Å². The van der Waals surface area contributed by atoms with Gasteiger partial charge in [0.15, 0.2) is 5.82 Å². The predicted octanol–water partition coefficient (Wildman–Crippen LogP) is 4.68. The summed E-state index contributed by atoms with van der Waals surface area (Å²) < 4.78 is 1.92. The maximum absolute atomic E-state index is 12.9. The lowest BCUT2D eigenvalue weighted by atomic mass is 10.1. The van der Waals surface area contributed by atoms with E-state index in [1.165, 1.54) is 0 Å². The van der Waals surface area contributed by atoms with Crippen molar-refractivity contribution in [3.63, 3.8) is 0 Å². The topological polar surface area (TPSA) is 71.8 Å². The Morgan fingerprint density at radius 2 is 1.57 bits per heavy atom. The molecule has 2 amide bonds. The molecule has 0 radical (unpaired) electrons. The molecule has 0 atom stereocenters. The van der Waals surface area contributed by atoms with Crippen molar-refractivity contribution in [1.82, 2.24) is 20.1 Å². The molecule has 0 spiro atoms. The third kappa shape index (κ3) is 3.03. The fourth-order valence-corrected chi connectivity index (χ4v) is 4.00. The molecule has 1 heterocycles. The van der Waals surface area contributed by atoms with Crippen molar-refractivity contribution >= 4 is 11.7 Å². The Kier molecular flexibility index (Phi) is 4.32. The molecule has 4 aromatic rings. The van der Waals surface area contributed by atoms with Crippen molar-refractivity contribution in [3.8, 4) is 22.5 Å². The van der Waals surface area contributed by atoms with Crippen LogP contribution in [0.25, 0.3) is 22.5 Å². The number of anilines is 1. The monoisotopic (exact) mass is 395 g/mol. The number of aryl methyl sites for hydroxylation is 1. The molecule has 1 aliphatic rings. The van der Waals surface area contributed by atoms with E-state index in [4.69, 9.17) is 0 Å². The quantitative estimate of drug-likeness (QED) is 0.529. The molecular weight excluding hydrogens is 374 g/mol. The zero-order valence-corrected chi connectivity index (χ0v) is 16.8. The van der Waals surface area contributed by atoms with Gasteiger partial charge >= 0.3 is 6.03 Å². The Hall–Kier alpha value is -3.93. The third-order valence-electron chi connectivity index (χ3n) is 5.58. The lowest BCUT2D eigenvalue weighted by molar-refractivity contribution is 0.250. The number of rotatable bonds is 3. The number of hydrogen-bond donors (Lipinski definition) is 2. The Morgan fingerprint density at radius 1 is 0.900 bits per heavy atom. The van der Waals surface area contributed by atoms with E-state index in [0.717, 1.165) is 39.5 Å². The number of urea groups is 1. The van der Waals surface area contributed by atoms with Gasteiger partial charge in [0.25, 0.3) is 0 Å². The molecule has 6 nitrogen and oxygen atoms in total. The van der Waals surface area contributed by atoms with E-state index in [2.05, 4.69) is 45.1 Å². The molecule has 1 aliphatic carbocycles. The van der Waals surface area contributed by atoms with Crippen molar-refractivity contribution in [2.24, 2.45) is 7.05 Å². The van der Waals surface area contributed by atoms with Gasteiger partial charge in [-0.2, -0.15) is 0 Å². The maximum Gasteiger partial charge on any atom is 0.319 e. The second kappa shape index (κ2) is 7.15. The first-order chi connectivity index (χ1) is 14.6. The normalized spacial score (nSPS) is 12.3. The van der Waals surface area contributed by atoms with Crippen LogP contribution in [0.15, 0.2) is 72.8 Å². The number of hydrogen-bond acceptors (Lipinski definition) is 3. The van der Waals surface area contributed by atoms with Crippen LogP contribution in [-0.2, 0) is 7.05 Å². The first-order valence-corrected chi connectivity index (χ1v) is 9.84. The molecule has 0 saturated heterocycles. The van der Waals surface area contributed by atoms with E-state index < -0.39 is 0 Å². The molecular formula is C24H21N5O. The van der Waals surface area contributed by atoms with Crippen LogP contribution in [0.1, 0.15) is 23.0 Å². The molecule has 1 aromatic heterocycles. The van der Waals surface area contributed by atoms with Crippen LogP contribution < -0.4 is 10.6 Å². The highest BCUT2D eigenvalue weighted by Crippen LogP contribution is 2.43. The summed E-state index contributed by atoms with van der Waals surface area (Å²) in [4.78, 5) is 12.9. The van der Waals surface area contributed by atoms with Crippen molar-refractivity contribution < 1.29 is 4.79 Å². The summed E-state index contributed by atoms with van der Waals surface area (Å²) in [6, 6.07) is 23.6. The number of carbonyl (C=O) groups is 1. The molecule has 0 bridgehead atoms. The lowest BCUT2D eigenvalue weighted by Gasteiger charge is -2.17. The van der Waals surface area contributed by atoms with Gasteiger partial charge in [-0.1, -0.05) is 60.7 Å². The van der Waals surface area contributed by atoms with Crippen LogP contribution in [0, 0.1) is 6.92 Å². The van der Waals surface area contributed by atoms with Crippen LogP contribution in [0.5, 0.6) is 0 Å². The van der Waals surface area contributed by atoms with Crippen molar-refractivity contribution in [2.45, 2.75) is 13.0 Å². The van der Waals surface area contributed by atoms with Gasteiger partial charge in [0.2, 0.25) is 0 Å². The molecule has 0 saturated carbocycles. The second-order valence-electron chi connectivity index (χ2n) is 7.42. The smallest absolute Gasteiger partial charge is 0.319 e. The summed E-state index contributed by atoms with van der Waals surface area (Å²) >= 11 is 0. The van der Waals surface area contributed by atoms with Crippen LogP contribution in [-0.4, -0.2) is 20.8 Å². The lowest BCUT2D eigenvalue weighted by Crippen LogP contribution is -2.32. The number of nitrogens with one attached hydrogen (secondary N) is 2. The third-order valence-corrected chi connectivity index (χ3v) is 5.58. The summed E-state index contributed by atoms with van der Waals surface area (Å²) in [7, 11) is 1.92. The van der Waals surface area contributed by atoms with Crippen molar-refractivity contribution in [3.05, 3.63) is 89.7 Å². The Balaban J connectivity index is 1.39. The van der Waals surface area contributed by atoms with Gasteiger partial charge in [0.1, 0.15) is 5.82 Å². The standard InChI is InChI=1S/C24H21N5O/c1-15-27-28-23(29(15)2)16-8-7-9-17(14-16)25-24(30)26-22-20-12-5-3-10-18(20)19-11-4-6-13-21(19)22/h3-14,22H,1-2H3,(H2,25,26,30). The minimum atomic E-state index is -0.252. The second-order valence-corrected chi connectivity index (χ2v) is 7.42. The summed E-state index contributed by atoms with van der Waals surface area (Å²) in [5.74, 6) is 1.59. The highest BCUT2D eigenvalue weighted by atomic mass is 16.2. The molecule has 6 heteroatoms. The van der Waals surface area contributed by atoms with Crippen LogP contribution in [0.4, 0.5) is 10.5 Å². The summed E-state index contributed by atoms with van der Waals surface area (Å²) in [5.41, 5.74) is 6.14. The van der Waals surface area contributed by atoms with Gasteiger partial charge in [-0.15, -0.1) is 10.2 Å². The number of amides is 2. The highest BCUT2D eigenvalue weighted by molar-refractivity contribution is 5.92. The van der Waals surface area contributed by atoms with E-state index >= 15 is 0 Å². The van der Waals surface area contributed by atoms with Gasteiger partial charge in [0, 0.05) is 18.3 Å². The average molecular weight is 395 g/mol. The van der Waals surface area contributed by atoms with Crippen LogP contribution in [0.2, 0.25) is 0 Å².